The zero-order valence-corrected chi connectivity index (χ0v) is 20.5. The number of nitrogens with one attached hydrogen (secondary N) is 4. The molecule has 11 nitrogen and oxygen atoms in total. The van der Waals surface area contributed by atoms with Crippen LogP contribution in [0.5, 0.6) is 0 Å². The lowest BCUT2D eigenvalue weighted by molar-refractivity contribution is -0.138. The highest BCUT2D eigenvalue weighted by Crippen LogP contribution is 2.21. The number of carboxylic acids is 1. The van der Waals surface area contributed by atoms with E-state index in [-0.39, 0.29) is 10.9 Å². The van der Waals surface area contributed by atoms with Crippen molar-refractivity contribution in [3.05, 3.63) is 60.2 Å². The predicted octanol–water partition coefficient (Wildman–Crippen LogP) is 0.366. The summed E-state index contributed by atoms with van der Waals surface area (Å²) in [6.07, 6.45) is 2.01. The molecule has 0 spiro atoms. The van der Waals surface area contributed by atoms with E-state index in [4.69, 9.17) is 0 Å². The quantitative estimate of drug-likeness (QED) is 0.322. The maximum absolute atomic E-state index is 12.6. The summed E-state index contributed by atoms with van der Waals surface area (Å²) in [4.78, 5) is 30.8. The number of nitrogens with zero attached hydrogens (tertiary/aromatic N) is 2. The van der Waals surface area contributed by atoms with Crippen LogP contribution in [0.4, 0.5) is 5.69 Å². The van der Waals surface area contributed by atoms with Crippen LogP contribution in [0.2, 0.25) is 0 Å². The van der Waals surface area contributed by atoms with E-state index in [0.29, 0.717) is 5.56 Å². The van der Waals surface area contributed by atoms with Crippen LogP contribution in [0.25, 0.3) is 0 Å². The molecule has 2 aliphatic rings. The summed E-state index contributed by atoms with van der Waals surface area (Å²) >= 11 is 0. The van der Waals surface area contributed by atoms with Gasteiger partial charge in [-0.25, -0.2) is 8.42 Å². The summed E-state index contributed by atoms with van der Waals surface area (Å²) in [5.74, 6) is -1.03. The van der Waals surface area contributed by atoms with Gasteiger partial charge in [-0.15, -0.1) is 0 Å². The molecule has 1 amide bonds. The molecule has 4 rings (SSSR count). The number of hydrogen-bond donors (Lipinski definition) is 5. The Labute approximate surface area is 210 Å². The van der Waals surface area contributed by atoms with Gasteiger partial charge in [-0.3, -0.25) is 14.6 Å². The van der Waals surface area contributed by atoms with Crippen LogP contribution in [0.15, 0.2) is 64.5 Å². The number of hydrogen-bond acceptors (Lipinski definition) is 8. The van der Waals surface area contributed by atoms with Gasteiger partial charge in [0.05, 0.1) is 4.90 Å². The van der Waals surface area contributed by atoms with E-state index in [2.05, 4.69) is 30.6 Å². The minimum Gasteiger partial charge on any atom is -0.480 e. The Morgan fingerprint density at radius 2 is 1.89 bits per heavy atom. The standard InChI is InChI=1S/C24H30N6O5S/c31-22(27-15-21(23(32)33)29-36(34,35)20-5-2-1-3-6-20)17-7-9-19(10-8-17)30-14-11-18(16-30)28-24-25-12-4-13-26-24/h1-3,5-10,18,21,29H,4,11-16H2,(H,27,31)(H,32,33)(H2,25,26,28)/t18-,21-/m0/s1. The van der Waals surface area contributed by atoms with Gasteiger partial charge in [0.25, 0.3) is 5.91 Å². The lowest BCUT2D eigenvalue weighted by Crippen LogP contribution is -2.48. The van der Waals surface area contributed by atoms with Gasteiger partial charge in [-0.05, 0) is 49.2 Å². The predicted molar refractivity (Wildman–Crippen MR) is 136 cm³/mol. The van der Waals surface area contributed by atoms with E-state index in [0.717, 1.165) is 50.7 Å². The number of amides is 1. The second-order valence-corrected chi connectivity index (χ2v) is 10.4. The average Bonchev–Trinajstić information content (AvgIpc) is 3.36. The highest BCUT2D eigenvalue weighted by Gasteiger charge is 2.27. The van der Waals surface area contributed by atoms with Crippen molar-refractivity contribution in [3.63, 3.8) is 0 Å². The first kappa shape index (κ1) is 25.5. The van der Waals surface area contributed by atoms with Crippen LogP contribution in [-0.2, 0) is 14.8 Å². The molecule has 192 valence electrons. The molecule has 0 bridgehead atoms. The van der Waals surface area contributed by atoms with Crippen molar-refractivity contribution in [3.8, 4) is 0 Å². The van der Waals surface area contributed by atoms with Crippen LogP contribution in [0.1, 0.15) is 23.2 Å². The van der Waals surface area contributed by atoms with Gasteiger partial charge in [0.2, 0.25) is 10.0 Å². The molecule has 12 heteroatoms. The van der Waals surface area contributed by atoms with Crippen molar-refractivity contribution in [1.82, 2.24) is 20.7 Å². The number of carbonyl (C=O) groups excluding carboxylic acids is 1. The normalized spacial score (nSPS) is 18.6. The Morgan fingerprint density at radius 1 is 1.14 bits per heavy atom. The van der Waals surface area contributed by atoms with Crippen molar-refractivity contribution in [1.29, 1.82) is 0 Å². The lowest BCUT2D eigenvalue weighted by atomic mass is 10.1. The van der Waals surface area contributed by atoms with E-state index in [1.54, 1.807) is 18.2 Å². The minimum atomic E-state index is -4.05. The number of sulfonamides is 1. The molecular weight excluding hydrogens is 484 g/mol. The van der Waals surface area contributed by atoms with Gasteiger partial charge in [-0.2, -0.15) is 4.72 Å². The molecule has 2 aromatic rings. The zero-order valence-electron chi connectivity index (χ0n) is 19.7. The maximum atomic E-state index is 12.6. The Balaban J connectivity index is 1.30. The van der Waals surface area contributed by atoms with E-state index in [1.807, 2.05) is 12.1 Å². The van der Waals surface area contributed by atoms with Crippen molar-refractivity contribution in [2.45, 2.75) is 29.8 Å². The van der Waals surface area contributed by atoms with Crippen molar-refractivity contribution < 1.29 is 23.1 Å². The Hall–Kier alpha value is -3.64. The fourth-order valence-corrected chi connectivity index (χ4v) is 5.30. The number of carboxylic acid groups (broad SMARTS) is 1. The number of carbonyl (C=O) groups is 2. The molecule has 2 heterocycles. The third kappa shape index (κ3) is 6.52. The van der Waals surface area contributed by atoms with Crippen molar-refractivity contribution >= 4 is 33.5 Å². The van der Waals surface area contributed by atoms with Crippen LogP contribution in [0.3, 0.4) is 0 Å². The Bertz CT molecular complexity index is 1200. The van der Waals surface area contributed by atoms with Gasteiger partial charge < -0.3 is 26.0 Å². The SMILES string of the molecule is O=C(NC[C@H](NS(=O)(=O)c1ccccc1)C(=O)O)c1ccc(N2CC[C@H](NC3=NCCCN3)C2)cc1. The van der Waals surface area contributed by atoms with E-state index in [9.17, 15) is 23.1 Å². The molecule has 0 aliphatic carbocycles. The minimum absolute atomic E-state index is 0.0551. The molecule has 0 radical (unpaired) electrons. The molecule has 5 N–H and O–H groups in total. The maximum Gasteiger partial charge on any atom is 0.323 e. The number of anilines is 1. The second-order valence-electron chi connectivity index (χ2n) is 8.67. The number of aliphatic imine (C=N–C) groups is 1. The average molecular weight is 515 g/mol. The number of guanidine groups is 1. The first-order valence-corrected chi connectivity index (χ1v) is 13.3. The molecular formula is C24H30N6O5S. The molecule has 0 aromatic heterocycles. The smallest absolute Gasteiger partial charge is 0.323 e. The molecule has 0 unspecified atom stereocenters. The summed E-state index contributed by atoms with van der Waals surface area (Å²) in [5.41, 5.74) is 1.33. The molecule has 1 saturated heterocycles. The molecule has 36 heavy (non-hydrogen) atoms. The molecule has 0 saturated carbocycles. The van der Waals surface area contributed by atoms with Crippen LogP contribution < -0.4 is 25.6 Å². The number of aliphatic carboxylic acids is 1. The monoisotopic (exact) mass is 514 g/mol. The summed E-state index contributed by atoms with van der Waals surface area (Å²) in [7, 11) is -4.05. The van der Waals surface area contributed by atoms with Crippen LogP contribution >= 0.6 is 0 Å². The lowest BCUT2D eigenvalue weighted by Gasteiger charge is -2.22. The van der Waals surface area contributed by atoms with E-state index >= 15 is 0 Å². The van der Waals surface area contributed by atoms with Gasteiger partial charge in [-0.1, -0.05) is 18.2 Å². The Kier molecular flexibility index (Phi) is 8.06. The van der Waals surface area contributed by atoms with Gasteiger partial charge in [0.15, 0.2) is 5.96 Å². The first-order chi connectivity index (χ1) is 17.3. The zero-order chi connectivity index (χ0) is 25.5. The first-order valence-electron chi connectivity index (χ1n) is 11.8. The fraction of sp³-hybridized carbons (Fsp3) is 0.375. The highest BCUT2D eigenvalue weighted by atomic mass is 32.2. The highest BCUT2D eigenvalue weighted by molar-refractivity contribution is 7.89. The van der Waals surface area contributed by atoms with Gasteiger partial charge in [0.1, 0.15) is 6.04 Å². The van der Waals surface area contributed by atoms with E-state index in [1.165, 1.54) is 24.3 Å². The summed E-state index contributed by atoms with van der Waals surface area (Å²) in [6.45, 7) is 3.05. The van der Waals surface area contributed by atoms with E-state index < -0.39 is 34.5 Å². The fourth-order valence-electron chi connectivity index (χ4n) is 4.09. The Morgan fingerprint density at radius 3 is 2.56 bits per heavy atom. The van der Waals surface area contributed by atoms with Crippen LogP contribution in [0, 0.1) is 0 Å². The molecule has 1 fully saturated rings. The molecule has 2 atom stereocenters. The van der Waals surface area contributed by atoms with Gasteiger partial charge >= 0.3 is 5.97 Å². The largest absolute Gasteiger partial charge is 0.480 e. The summed E-state index contributed by atoms with van der Waals surface area (Å²) in [6, 6.07) is 13.3. The summed E-state index contributed by atoms with van der Waals surface area (Å²) in [5, 5.41) is 18.7. The van der Waals surface area contributed by atoms with Crippen molar-refractivity contribution in [2.24, 2.45) is 4.99 Å². The molecule has 2 aromatic carbocycles. The topological polar surface area (TPSA) is 152 Å². The third-order valence-corrected chi connectivity index (χ3v) is 7.52. The second kappa shape index (κ2) is 11.4. The number of rotatable bonds is 9. The van der Waals surface area contributed by atoms with Crippen LogP contribution in [-0.4, -0.2) is 76.2 Å². The molecule has 2 aliphatic heterocycles. The van der Waals surface area contributed by atoms with Gasteiger partial charge in [0, 0.05) is 50.0 Å². The number of benzene rings is 2. The third-order valence-electron chi connectivity index (χ3n) is 6.04. The van der Waals surface area contributed by atoms with Crippen molar-refractivity contribution in [2.75, 3.05) is 37.6 Å². The summed E-state index contributed by atoms with van der Waals surface area (Å²) < 4.78 is 27.0.